The second-order valence-corrected chi connectivity index (χ2v) is 6.03. The highest BCUT2D eigenvalue weighted by molar-refractivity contribution is 7.63. The van der Waals surface area contributed by atoms with E-state index in [1.807, 2.05) is 0 Å². The van der Waals surface area contributed by atoms with E-state index >= 15 is 0 Å². The SMILES string of the molecule is CP(=O)(O)OP(=O)(O)O.Nc1nc(N)nc(N)n1. The summed E-state index contributed by atoms with van der Waals surface area (Å²) < 4.78 is 23.3. The maximum absolute atomic E-state index is 10.1. The Labute approximate surface area is 101 Å². The molecule has 1 heterocycles. The first kappa shape index (κ1) is 16.7. The van der Waals surface area contributed by atoms with E-state index in [2.05, 4.69) is 19.3 Å². The maximum Gasteiger partial charge on any atom is 0.476 e. The highest BCUT2D eigenvalue weighted by atomic mass is 31.3. The van der Waals surface area contributed by atoms with Gasteiger partial charge >= 0.3 is 15.4 Å². The Balaban J connectivity index is 0.000000321. The predicted octanol–water partition coefficient (Wildman–Crippen LogP) is -1.47. The molecule has 0 aliphatic rings. The highest BCUT2D eigenvalue weighted by Gasteiger charge is 2.24. The van der Waals surface area contributed by atoms with Gasteiger partial charge in [0.15, 0.2) is 0 Å². The van der Waals surface area contributed by atoms with Gasteiger partial charge in [-0.2, -0.15) is 15.0 Å². The van der Waals surface area contributed by atoms with Crippen molar-refractivity contribution in [3.8, 4) is 0 Å². The molecule has 14 heteroatoms. The maximum atomic E-state index is 10.1. The summed E-state index contributed by atoms with van der Waals surface area (Å²) in [5, 5.41) is 0. The molecule has 0 saturated heterocycles. The van der Waals surface area contributed by atoms with E-state index in [0.717, 1.165) is 0 Å². The normalized spacial score (nSPS) is 14.2. The molecule has 104 valence electrons. The Bertz CT molecular complexity index is 426. The summed E-state index contributed by atoms with van der Waals surface area (Å²) in [5.74, 6) is 0.125. The lowest BCUT2D eigenvalue weighted by atomic mass is 10.9. The summed E-state index contributed by atoms with van der Waals surface area (Å²) in [4.78, 5) is 34.5. The van der Waals surface area contributed by atoms with Gasteiger partial charge in [0.25, 0.3) is 0 Å². The van der Waals surface area contributed by atoms with E-state index in [1.54, 1.807) is 0 Å². The van der Waals surface area contributed by atoms with E-state index < -0.39 is 15.4 Å². The molecule has 9 N–H and O–H groups in total. The largest absolute Gasteiger partial charge is 0.476 e. The summed E-state index contributed by atoms with van der Waals surface area (Å²) >= 11 is 0. The molecule has 1 rings (SSSR count). The zero-order valence-corrected chi connectivity index (χ0v) is 10.8. The smallest absolute Gasteiger partial charge is 0.368 e. The molecule has 0 fully saturated rings. The van der Waals surface area contributed by atoms with Crippen LogP contribution in [-0.4, -0.2) is 36.3 Å². The van der Waals surface area contributed by atoms with Gasteiger partial charge in [-0.05, 0) is 0 Å². The number of hydrogen-bond donors (Lipinski definition) is 6. The van der Waals surface area contributed by atoms with Gasteiger partial charge in [-0.3, -0.25) is 4.57 Å². The molecule has 0 radical (unpaired) electrons. The lowest BCUT2D eigenvalue weighted by Crippen LogP contribution is -2.05. The van der Waals surface area contributed by atoms with Crippen LogP contribution in [0.2, 0.25) is 0 Å². The first-order chi connectivity index (χ1) is 7.89. The molecule has 1 atom stereocenters. The Kier molecular flexibility index (Phi) is 5.61. The number of nitrogen functional groups attached to an aromatic ring is 3. The van der Waals surface area contributed by atoms with Crippen LogP contribution in [0.15, 0.2) is 0 Å². The first-order valence-electron chi connectivity index (χ1n) is 3.99. The van der Waals surface area contributed by atoms with Crippen LogP contribution in [0.4, 0.5) is 17.8 Å². The van der Waals surface area contributed by atoms with Crippen LogP contribution in [0.25, 0.3) is 0 Å². The Morgan fingerprint density at radius 2 is 1.22 bits per heavy atom. The highest BCUT2D eigenvalue weighted by Crippen LogP contribution is 2.54. The van der Waals surface area contributed by atoms with Crippen molar-refractivity contribution < 1.29 is 28.1 Å². The van der Waals surface area contributed by atoms with Crippen molar-refractivity contribution in [2.24, 2.45) is 0 Å². The number of phosphoric acid groups is 1. The summed E-state index contributed by atoms with van der Waals surface area (Å²) in [5.41, 5.74) is 15.4. The summed E-state index contributed by atoms with van der Waals surface area (Å²) in [6.07, 6.45) is 0. The van der Waals surface area contributed by atoms with E-state index in [9.17, 15) is 9.13 Å². The van der Waals surface area contributed by atoms with Gasteiger partial charge < -0.3 is 31.9 Å². The Hall–Kier alpha value is -1.29. The molecular formula is C4H12N6O6P2. The molecule has 0 aliphatic carbocycles. The molecule has 0 spiro atoms. The number of hydrogen-bond acceptors (Lipinski definition) is 9. The van der Waals surface area contributed by atoms with Crippen molar-refractivity contribution in [1.82, 2.24) is 15.0 Å². The van der Waals surface area contributed by atoms with Gasteiger partial charge in [0.05, 0.1) is 0 Å². The molecular weight excluding hydrogens is 290 g/mol. The van der Waals surface area contributed by atoms with Crippen molar-refractivity contribution in [2.75, 3.05) is 23.9 Å². The molecule has 0 amide bonds. The molecule has 1 aromatic heterocycles. The number of rotatable bonds is 2. The average molecular weight is 302 g/mol. The van der Waals surface area contributed by atoms with E-state index in [1.165, 1.54) is 0 Å². The van der Waals surface area contributed by atoms with Crippen molar-refractivity contribution in [2.45, 2.75) is 0 Å². The van der Waals surface area contributed by atoms with Crippen LogP contribution in [0.5, 0.6) is 0 Å². The fraction of sp³-hybridized carbons (Fsp3) is 0.250. The fourth-order valence-electron chi connectivity index (χ4n) is 0.624. The van der Waals surface area contributed by atoms with E-state index in [-0.39, 0.29) is 17.8 Å². The molecule has 18 heavy (non-hydrogen) atoms. The summed E-state index contributed by atoms with van der Waals surface area (Å²) in [7, 11) is -8.85. The molecule has 0 aliphatic heterocycles. The quantitative estimate of drug-likeness (QED) is 0.344. The summed E-state index contributed by atoms with van der Waals surface area (Å²) in [6, 6.07) is 0. The van der Waals surface area contributed by atoms with E-state index in [0.29, 0.717) is 6.66 Å². The number of aromatic nitrogens is 3. The number of nitrogens with zero attached hydrogens (tertiary/aromatic N) is 3. The lowest BCUT2D eigenvalue weighted by Gasteiger charge is -2.05. The molecule has 1 unspecified atom stereocenters. The lowest BCUT2D eigenvalue weighted by molar-refractivity contribution is 0.266. The minimum absolute atomic E-state index is 0.0417. The molecule has 0 aromatic carbocycles. The van der Waals surface area contributed by atoms with Crippen LogP contribution in [0.3, 0.4) is 0 Å². The first-order valence-corrected chi connectivity index (χ1v) is 7.54. The third-order valence-corrected chi connectivity index (χ3v) is 3.01. The fourth-order valence-corrected chi connectivity index (χ4v) is 2.20. The average Bonchev–Trinajstić information content (AvgIpc) is 1.92. The van der Waals surface area contributed by atoms with Crippen molar-refractivity contribution in [3.05, 3.63) is 0 Å². The Morgan fingerprint density at radius 3 is 1.33 bits per heavy atom. The Morgan fingerprint density at radius 1 is 0.944 bits per heavy atom. The number of nitrogens with two attached hydrogens (primary N) is 3. The van der Waals surface area contributed by atoms with Gasteiger partial charge in [0.1, 0.15) is 0 Å². The molecule has 0 bridgehead atoms. The monoisotopic (exact) mass is 302 g/mol. The van der Waals surface area contributed by atoms with Gasteiger partial charge in [-0.1, -0.05) is 0 Å². The van der Waals surface area contributed by atoms with Gasteiger partial charge in [0, 0.05) is 6.66 Å². The van der Waals surface area contributed by atoms with Crippen LogP contribution in [-0.2, 0) is 13.4 Å². The zero-order chi connectivity index (χ0) is 14.6. The molecule has 12 nitrogen and oxygen atoms in total. The van der Waals surface area contributed by atoms with Crippen LogP contribution in [0, 0.1) is 0 Å². The van der Waals surface area contributed by atoms with Gasteiger partial charge in [0.2, 0.25) is 17.8 Å². The van der Waals surface area contributed by atoms with E-state index in [4.69, 9.17) is 31.9 Å². The minimum atomic E-state index is -4.80. The summed E-state index contributed by atoms with van der Waals surface area (Å²) in [6.45, 7) is 0.687. The second-order valence-electron chi connectivity index (χ2n) is 2.79. The van der Waals surface area contributed by atoms with Crippen molar-refractivity contribution >= 4 is 33.3 Å². The van der Waals surface area contributed by atoms with Crippen LogP contribution in [0.1, 0.15) is 0 Å². The third kappa shape index (κ3) is 9.90. The van der Waals surface area contributed by atoms with Gasteiger partial charge in [-0.25, -0.2) is 8.88 Å². The zero-order valence-electron chi connectivity index (χ0n) is 9.03. The van der Waals surface area contributed by atoms with Crippen LogP contribution < -0.4 is 17.2 Å². The number of anilines is 3. The topological polar surface area (TPSA) is 221 Å². The molecule has 0 saturated carbocycles. The van der Waals surface area contributed by atoms with Crippen LogP contribution >= 0.6 is 15.4 Å². The van der Waals surface area contributed by atoms with Crippen molar-refractivity contribution in [3.63, 3.8) is 0 Å². The second kappa shape index (κ2) is 6.05. The predicted molar refractivity (Wildman–Crippen MR) is 61.9 cm³/mol. The van der Waals surface area contributed by atoms with Crippen molar-refractivity contribution in [1.29, 1.82) is 0 Å². The minimum Gasteiger partial charge on any atom is -0.368 e. The molecule has 1 aromatic rings. The third-order valence-electron chi connectivity index (χ3n) is 0.945. The standard InChI is InChI=1S/C3H6N6.CH6O6P2/c4-1-7-2(5)9-3(6)8-1;1-8(2,3)7-9(4,5)6/h(H6,4,5,6,7,8,9);1H3,(H,2,3)(H2,4,5,6). The van der Waals surface area contributed by atoms with Gasteiger partial charge in [-0.15, -0.1) is 0 Å².